The van der Waals surface area contributed by atoms with Crippen molar-refractivity contribution in [1.82, 2.24) is 10.5 Å². The van der Waals surface area contributed by atoms with Gasteiger partial charge in [-0.1, -0.05) is 17.3 Å². The standard InChI is InChI=1S/C15H18N2O4/c1-10-13(11(2)21-17-10)9-16-7-8-20-14-6-4-3-5-12(14)15(18)19/h3-6,16H,7-9H2,1-2H3,(H,18,19). The molecule has 0 saturated carbocycles. The van der Waals surface area contributed by atoms with Crippen molar-refractivity contribution in [2.45, 2.75) is 20.4 Å². The number of rotatable bonds is 7. The van der Waals surface area contributed by atoms with Crippen molar-refractivity contribution >= 4 is 5.97 Å². The van der Waals surface area contributed by atoms with Crippen LogP contribution in [0.2, 0.25) is 0 Å². The van der Waals surface area contributed by atoms with Crippen LogP contribution in [0.1, 0.15) is 27.4 Å². The van der Waals surface area contributed by atoms with Gasteiger partial charge in [0.25, 0.3) is 0 Å². The van der Waals surface area contributed by atoms with Crippen LogP contribution < -0.4 is 10.1 Å². The monoisotopic (exact) mass is 290 g/mol. The molecular weight excluding hydrogens is 272 g/mol. The summed E-state index contributed by atoms with van der Waals surface area (Å²) < 4.78 is 10.6. The third-order valence-electron chi connectivity index (χ3n) is 3.14. The Morgan fingerprint density at radius 2 is 2.14 bits per heavy atom. The number of aryl methyl sites for hydroxylation is 2. The van der Waals surface area contributed by atoms with E-state index in [0.29, 0.717) is 25.4 Å². The van der Waals surface area contributed by atoms with Gasteiger partial charge in [-0.3, -0.25) is 0 Å². The SMILES string of the molecule is Cc1noc(C)c1CNCCOc1ccccc1C(=O)O. The van der Waals surface area contributed by atoms with Crippen molar-refractivity contribution in [3.8, 4) is 5.75 Å². The smallest absolute Gasteiger partial charge is 0.339 e. The molecule has 2 N–H and O–H groups in total. The number of hydrogen-bond acceptors (Lipinski definition) is 5. The van der Waals surface area contributed by atoms with E-state index in [1.807, 2.05) is 13.8 Å². The van der Waals surface area contributed by atoms with E-state index < -0.39 is 5.97 Å². The topological polar surface area (TPSA) is 84.6 Å². The molecule has 0 bridgehead atoms. The van der Waals surface area contributed by atoms with E-state index in [-0.39, 0.29) is 5.56 Å². The highest BCUT2D eigenvalue weighted by Gasteiger charge is 2.10. The Kier molecular flexibility index (Phi) is 4.94. The van der Waals surface area contributed by atoms with Gasteiger partial charge in [0.1, 0.15) is 23.7 Å². The van der Waals surface area contributed by atoms with Crippen molar-refractivity contribution < 1.29 is 19.2 Å². The highest BCUT2D eigenvalue weighted by molar-refractivity contribution is 5.90. The van der Waals surface area contributed by atoms with Gasteiger partial charge in [-0.15, -0.1) is 0 Å². The Bertz CT molecular complexity index is 602. The normalized spacial score (nSPS) is 10.6. The van der Waals surface area contributed by atoms with Crippen LogP contribution in [0, 0.1) is 13.8 Å². The molecule has 112 valence electrons. The molecule has 0 fully saturated rings. The molecule has 0 amide bonds. The molecule has 21 heavy (non-hydrogen) atoms. The molecule has 6 nitrogen and oxygen atoms in total. The predicted molar refractivity (Wildman–Crippen MR) is 76.6 cm³/mol. The Balaban J connectivity index is 1.79. The highest BCUT2D eigenvalue weighted by Crippen LogP contribution is 2.17. The predicted octanol–water partition coefficient (Wildman–Crippen LogP) is 2.16. The van der Waals surface area contributed by atoms with Crippen LogP contribution in [0.5, 0.6) is 5.75 Å². The second kappa shape index (κ2) is 6.90. The van der Waals surface area contributed by atoms with E-state index >= 15 is 0 Å². The third-order valence-corrected chi connectivity index (χ3v) is 3.14. The Hall–Kier alpha value is -2.34. The van der Waals surface area contributed by atoms with Gasteiger partial charge in [0.2, 0.25) is 0 Å². The molecule has 0 atom stereocenters. The van der Waals surface area contributed by atoms with E-state index in [2.05, 4.69) is 10.5 Å². The van der Waals surface area contributed by atoms with Crippen LogP contribution in [0.3, 0.4) is 0 Å². The summed E-state index contributed by atoms with van der Waals surface area (Å²) in [5.41, 5.74) is 2.08. The lowest BCUT2D eigenvalue weighted by Gasteiger charge is -2.09. The Morgan fingerprint density at radius 3 is 2.81 bits per heavy atom. The highest BCUT2D eigenvalue weighted by atomic mass is 16.5. The summed E-state index contributed by atoms with van der Waals surface area (Å²) in [5, 5.41) is 16.1. The zero-order chi connectivity index (χ0) is 15.2. The van der Waals surface area contributed by atoms with Gasteiger partial charge in [-0.2, -0.15) is 0 Å². The van der Waals surface area contributed by atoms with Gasteiger partial charge >= 0.3 is 5.97 Å². The minimum absolute atomic E-state index is 0.170. The lowest BCUT2D eigenvalue weighted by molar-refractivity contribution is 0.0692. The van der Waals surface area contributed by atoms with Crippen LogP contribution >= 0.6 is 0 Å². The fourth-order valence-corrected chi connectivity index (χ4v) is 1.97. The van der Waals surface area contributed by atoms with Gasteiger partial charge in [0.05, 0.1) is 5.69 Å². The number of carboxylic acid groups (broad SMARTS) is 1. The third kappa shape index (κ3) is 3.82. The summed E-state index contributed by atoms with van der Waals surface area (Å²) in [4.78, 5) is 11.0. The number of aromatic nitrogens is 1. The maximum atomic E-state index is 11.0. The van der Waals surface area contributed by atoms with E-state index in [0.717, 1.165) is 17.0 Å². The number of nitrogens with zero attached hydrogens (tertiary/aromatic N) is 1. The second-order valence-corrected chi connectivity index (χ2v) is 4.63. The van der Waals surface area contributed by atoms with Crippen molar-refractivity contribution in [3.05, 3.63) is 46.8 Å². The van der Waals surface area contributed by atoms with Crippen LogP contribution in [-0.4, -0.2) is 29.4 Å². The first-order valence-corrected chi connectivity index (χ1v) is 6.67. The maximum Gasteiger partial charge on any atom is 0.339 e. The summed E-state index contributed by atoms with van der Waals surface area (Å²) >= 11 is 0. The lowest BCUT2D eigenvalue weighted by atomic mass is 10.2. The minimum atomic E-state index is -0.991. The average Bonchev–Trinajstić information content (AvgIpc) is 2.78. The van der Waals surface area contributed by atoms with Gasteiger partial charge in [-0.05, 0) is 26.0 Å². The number of hydrogen-bond donors (Lipinski definition) is 2. The van der Waals surface area contributed by atoms with Crippen molar-refractivity contribution in [2.75, 3.05) is 13.2 Å². The first kappa shape index (κ1) is 15.1. The zero-order valence-electron chi connectivity index (χ0n) is 12.0. The molecule has 1 aromatic carbocycles. The molecule has 0 aliphatic heterocycles. The molecule has 1 heterocycles. The summed E-state index contributed by atoms with van der Waals surface area (Å²) in [7, 11) is 0. The Labute approximate surface area is 122 Å². The van der Waals surface area contributed by atoms with Crippen LogP contribution in [-0.2, 0) is 6.54 Å². The summed E-state index contributed by atoms with van der Waals surface area (Å²) in [5.74, 6) is 0.190. The second-order valence-electron chi connectivity index (χ2n) is 4.63. The molecule has 2 rings (SSSR count). The molecule has 2 aromatic rings. The van der Waals surface area contributed by atoms with E-state index in [1.165, 1.54) is 6.07 Å². The molecule has 1 aromatic heterocycles. The van der Waals surface area contributed by atoms with E-state index in [1.54, 1.807) is 18.2 Å². The first-order chi connectivity index (χ1) is 10.1. The largest absolute Gasteiger partial charge is 0.491 e. The molecule has 0 aliphatic rings. The quantitative estimate of drug-likeness (QED) is 0.760. The number of carbonyl (C=O) groups is 1. The fourth-order valence-electron chi connectivity index (χ4n) is 1.97. The van der Waals surface area contributed by atoms with E-state index in [9.17, 15) is 4.79 Å². The number of carboxylic acids is 1. The zero-order valence-corrected chi connectivity index (χ0v) is 12.0. The maximum absolute atomic E-state index is 11.0. The number of benzene rings is 1. The fraction of sp³-hybridized carbons (Fsp3) is 0.333. The van der Waals surface area contributed by atoms with E-state index in [4.69, 9.17) is 14.4 Å². The first-order valence-electron chi connectivity index (χ1n) is 6.67. The molecule has 0 radical (unpaired) electrons. The van der Waals surface area contributed by atoms with Crippen LogP contribution in [0.15, 0.2) is 28.8 Å². The van der Waals surface area contributed by atoms with Crippen molar-refractivity contribution in [2.24, 2.45) is 0 Å². The molecular formula is C15H18N2O4. The molecule has 0 saturated heterocycles. The number of nitrogens with one attached hydrogen (secondary N) is 1. The summed E-state index contributed by atoms with van der Waals surface area (Å²) in [6.07, 6.45) is 0. The molecule has 6 heteroatoms. The molecule has 0 aliphatic carbocycles. The van der Waals surface area contributed by atoms with Gasteiger partial charge in [0.15, 0.2) is 0 Å². The van der Waals surface area contributed by atoms with Crippen molar-refractivity contribution in [1.29, 1.82) is 0 Å². The van der Waals surface area contributed by atoms with Gasteiger partial charge < -0.3 is 19.7 Å². The lowest BCUT2D eigenvalue weighted by Crippen LogP contribution is -2.21. The average molecular weight is 290 g/mol. The number of aromatic carboxylic acids is 1. The van der Waals surface area contributed by atoms with Crippen LogP contribution in [0.4, 0.5) is 0 Å². The molecule has 0 spiro atoms. The van der Waals surface area contributed by atoms with Crippen LogP contribution in [0.25, 0.3) is 0 Å². The number of ether oxygens (including phenoxy) is 1. The van der Waals surface area contributed by atoms with Crippen molar-refractivity contribution in [3.63, 3.8) is 0 Å². The number of para-hydroxylation sites is 1. The van der Waals surface area contributed by atoms with Gasteiger partial charge in [0, 0.05) is 18.7 Å². The summed E-state index contributed by atoms with van der Waals surface area (Å²) in [6, 6.07) is 6.60. The minimum Gasteiger partial charge on any atom is -0.491 e. The molecule has 0 unspecified atom stereocenters. The summed E-state index contributed by atoms with van der Waals surface area (Å²) in [6.45, 7) is 5.39. The Morgan fingerprint density at radius 1 is 1.38 bits per heavy atom. The van der Waals surface area contributed by atoms with Gasteiger partial charge in [-0.25, -0.2) is 4.79 Å².